The number of rotatable bonds is 1. The van der Waals surface area contributed by atoms with Gasteiger partial charge in [-0.15, -0.1) is 12.5 Å². The van der Waals surface area contributed by atoms with Crippen LogP contribution in [0.25, 0.3) is 4.85 Å². The Hall–Kier alpha value is -1.42. The number of hydrogen-bond donors (Lipinski definition) is 0. The first-order valence-electron chi connectivity index (χ1n) is 3.11. The Kier molecular flexibility index (Phi) is 1.96. The maximum Gasteiger partial charge on any atom is -0.00468 e. The van der Waals surface area contributed by atoms with Crippen LogP contribution in [-0.4, -0.2) is 0 Å². The molecular weight excluding hydrogens is 122 g/mol. The lowest BCUT2D eigenvalue weighted by molar-refractivity contribution is 1.25. The third-order valence-corrected chi connectivity index (χ3v) is 1.36. The second-order valence-corrected chi connectivity index (χ2v) is 2.06. The fourth-order valence-electron chi connectivity index (χ4n) is 0.744. The van der Waals surface area contributed by atoms with Gasteiger partial charge < -0.3 is 4.85 Å². The van der Waals surface area contributed by atoms with Crippen molar-refractivity contribution in [1.29, 1.82) is 0 Å². The zero-order valence-electron chi connectivity index (χ0n) is 5.83. The summed E-state index contributed by atoms with van der Waals surface area (Å²) in [6, 6.07) is 10.4. The van der Waals surface area contributed by atoms with Crippen LogP contribution in [0, 0.1) is 12.6 Å². The normalized spacial score (nSPS) is 8.40. The molecule has 0 aliphatic heterocycles. The molecule has 1 rings (SSSR count). The van der Waals surface area contributed by atoms with Gasteiger partial charge >= 0.3 is 0 Å². The fourth-order valence-corrected chi connectivity index (χ4v) is 0.744. The molecule has 0 fully saturated rings. The topological polar surface area (TPSA) is 4.36 Å². The predicted molar refractivity (Wildman–Crippen MR) is 41.1 cm³/mol. The molecule has 0 aliphatic carbocycles. The number of benzene rings is 1. The maximum absolute atomic E-state index is 6.73. The van der Waals surface area contributed by atoms with E-state index in [1.807, 2.05) is 37.3 Å². The van der Waals surface area contributed by atoms with Crippen molar-refractivity contribution in [2.45, 2.75) is 6.92 Å². The van der Waals surface area contributed by atoms with Gasteiger partial charge in [-0.25, -0.2) is 0 Å². The SMILES string of the molecule is [C-]#[N+][C-](C)c1ccccc1. The molecule has 0 aromatic heterocycles. The smallest absolute Gasteiger partial charge is 0.00468 e. The molecule has 0 bridgehead atoms. The first-order chi connectivity index (χ1) is 4.84. The quantitative estimate of drug-likeness (QED) is 0.514. The molecule has 0 heterocycles. The van der Waals surface area contributed by atoms with Crippen LogP contribution in [0.4, 0.5) is 0 Å². The molecule has 1 aromatic rings. The molecule has 1 nitrogen and oxygen atoms in total. The van der Waals surface area contributed by atoms with Gasteiger partial charge in [0.2, 0.25) is 0 Å². The van der Waals surface area contributed by atoms with E-state index in [4.69, 9.17) is 6.57 Å². The van der Waals surface area contributed by atoms with Crippen LogP contribution in [-0.2, 0) is 0 Å². The molecule has 1 heteroatoms. The van der Waals surface area contributed by atoms with Crippen LogP contribution in [0.3, 0.4) is 0 Å². The highest BCUT2D eigenvalue weighted by Crippen LogP contribution is 2.13. The van der Waals surface area contributed by atoms with Crippen molar-refractivity contribution in [1.82, 2.24) is 0 Å². The van der Waals surface area contributed by atoms with Gasteiger partial charge in [0.25, 0.3) is 0 Å². The minimum atomic E-state index is 0.751. The van der Waals surface area contributed by atoms with E-state index in [-0.39, 0.29) is 0 Å². The van der Waals surface area contributed by atoms with E-state index in [2.05, 4.69) is 4.85 Å². The maximum atomic E-state index is 6.73. The second-order valence-electron chi connectivity index (χ2n) is 2.06. The molecule has 0 saturated carbocycles. The molecule has 1 aromatic carbocycles. The van der Waals surface area contributed by atoms with Crippen molar-refractivity contribution in [2.24, 2.45) is 0 Å². The zero-order valence-corrected chi connectivity index (χ0v) is 5.83. The van der Waals surface area contributed by atoms with E-state index < -0.39 is 0 Å². The zero-order chi connectivity index (χ0) is 7.40. The molecule has 0 amide bonds. The summed E-state index contributed by atoms with van der Waals surface area (Å²) in [5.74, 6) is 0. The van der Waals surface area contributed by atoms with E-state index in [0.29, 0.717) is 0 Å². The highest BCUT2D eigenvalue weighted by Gasteiger charge is 1.89. The predicted octanol–water partition coefficient (Wildman–Crippen LogP) is 2.51. The summed E-state index contributed by atoms with van der Waals surface area (Å²) < 4.78 is 0. The van der Waals surface area contributed by atoms with Crippen LogP contribution < -0.4 is 0 Å². The fraction of sp³-hybridized carbons (Fsp3) is 0.111. The molecule has 0 saturated heterocycles. The average Bonchev–Trinajstić information content (AvgIpc) is 2.05. The van der Waals surface area contributed by atoms with Crippen molar-refractivity contribution in [3.05, 3.63) is 53.4 Å². The molecule has 0 atom stereocenters. The van der Waals surface area contributed by atoms with Gasteiger partial charge in [0.15, 0.2) is 0 Å². The van der Waals surface area contributed by atoms with Crippen molar-refractivity contribution >= 4 is 0 Å². The molecule has 0 N–H and O–H groups in total. The molecule has 0 unspecified atom stereocenters. The molecule has 0 spiro atoms. The Balaban J connectivity index is 2.88. The van der Waals surface area contributed by atoms with E-state index in [1.165, 1.54) is 0 Å². The lowest BCUT2D eigenvalue weighted by Crippen LogP contribution is -1.84. The summed E-state index contributed by atoms with van der Waals surface area (Å²) in [4.78, 5) is 3.33. The summed E-state index contributed by atoms with van der Waals surface area (Å²) in [7, 11) is 0. The Bertz CT molecular complexity index is 233. The third kappa shape index (κ3) is 1.29. The van der Waals surface area contributed by atoms with Crippen LogP contribution in [0.1, 0.15) is 12.5 Å². The van der Waals surface area contributed by atoms with E-state index in [0.717, 1.165) is 11.6 Å². The van der Waals surface area contributed by atoms with Gasteiger partial charge in [-0.05, 0) is 6.04 Å². The summed E-state index contributed by atoms with van der Waals surface area (Å²) in [5, 5.41) is 0. The van der Waals surface area contributed by atoms with Crippen LogP contribution in [0.15, 0.2) is 30.3 Å². The molecule has 0 aliphatic rings. The van der Waals surface area contributed by atoms with Crippen molar-refractivity contribution < 1.29 is 0 Å². The standard InChI is InChI=1S/C9H8N/c1-8(10-2)9-6-4-3-5-7-9/h3-7H,1H3/q-1. The van der Waals surface area contributed by atoms with Gasteiger partial charge in [-0.3, -0.25) is 6.57 Å². The van der Waals surface area contributed by atoms with Crippen molar-refractivity contribution in [3.63, 3.8) is 0 Å². The van der Waals surface area contributed by atoms with Gasteiger partial charge in [0.05, 0.1) is 0 Å². The summed E-state index contributed by atoms with van der Waals surface area (Å²) in [6.07, 6.45) is 0. The second kappa shape index (κ2) is 2.93. The molecule has 50 valence electrons. The highest BCUT2D eigenvalue weighted by molar-refractivity contribution is 5.31. The summed E-state index contributed by atoms with van der Waals surface area (Å²) in [5.41, 5.74) is 1.01. The van der Waals surface area contributed by atoms with Gasteiger partial charge in [-0.2, -0.15) is 0 Å². The molecule has 0 radical (unpaired) electrons. The average molecular weight is 130 g/mol. The van der Waals surface area contributed by atoms with Gasteiger partial charge in [0, 0.05) is 0 Å². The van der Waals surface area contributed by atoms with Gasteiger partial charge in [-0.1, -0.05) is 30.3 Å². The van der Waals surface area contributed by atoms with Crippen LogP contribution in [0.2, 0.25) is 0 Å². The molecular formula is C9H8N-. The Labute approximate surface area is 61.1 Å². The number of hydrogen-bond acceptors (Lipinski definition) is 0. The summed E-state index contributed by atoms with van der Waals surface area (Å²) in [6.45, 7) is 8.56. The lowest BCUT2D eigenvalue weighted by Gasteiger charge is -2.09. The van der Waals surface area contributed by atoms with E-state index >= 15 is 0 Å². The van der Waals surface area contributed by atoms with Gasteiger partial charge in [0.1, 0.15) is 0 Å². The summed E-state index contributed by atoms with van der Waals surface area (Å²) >= 11 is 0. The third-order valence-electron chi connectivity index (χ3n) is 1.36. The first-order valence-corrected chi connectivity index (χ1v) is 3.11. The van der Waals surface area contributed by atoms with Crippen molar-refractivity contribution in [2.75, 3.05) is 0 Å². The first kappa shape index (κ1) is 6.70. The van der Waals surface area contributed by atoms with Crippen LogP contribution in [0.5, 0.6) is 0 Å². The Morgan fingerprint density at radius 1 is 1.30 bits per heavy atom. The van der Waals surface area contributed by atoms with E-state index in [1.54, 1.807) is 0 Å². The van der Waals surface area contributed by atoms with Crippen molar-refractivity contribution in [3.8, 4) is 0 Å². The lowest BCUT2D eigenvalue weighted by atomic mass is 10.1. The minimum absolute atomic E-state index is 0.751. The minimum Gasteiger partial charge on any atom is -0.454 e. The largest absolute Gasteiger partial charge is 0.454 e. The Morgan fingerprint density at radius 3 is 2.40 bits per heavy atom. The Morgan fingerprint density at radius 2 is 1.90 bits per heavy atom. The van der Waals surface area contributed by atoms with Crippen LogP contribution >= 0.6 is 0 Å². The molecule has 10 heavy (non-hydrogen) atoms. The van der Waals surface area contributed by atoms with E-state index in [9.17, 15) is 0 Å². The monoisotopic (exact) mass is 130 g/mol. The highest BCUT2D eigenvalue weighted by atomic mass is 14.7. The number of nitrogens with zero attached hydrogens (tertiary/aromatic N) is 1.